The molecule has 3 nitrogen and oxygen atoms in total. The Bertz CT molecular complexity index is 208. The van der Waals surface area contributed by atoms with E-state index in [-0.39, 0.29) is 0 Å². The number of aliphatic hydroxyl groups is 1. The molecular formula is C14H30N2O. The molecule has 1 saturated heterocycles. The van der Waals surface area contributed by atoms with Crippen molar-refractivity contribution in [3.8, 4) is 0 Å². The van der Waals surface area contributed by atoms with Gasteiger partial charge in [0.05, 0.1) is 5.60 Å². The monoisotopic (exact) mass is 242 g/mol. The minimum Gasteiger partial charge on any atom is -0.389 e. The highest BCUT2D eigenvalue weighted by Crippen LogP contribution is 2.21. The van der Waals surface area contributed by atoms with Gasteiger partial charge in [-0.25, -0.2) is 0 Å². The number of rotatable bonds is 6. The van der Waals surface area contributed by atoms with E-state index in [2.05, 4.69) is 37.6 Å². The second-order valence-electron chi connectivity index (χ2n) is 5.51. The summed E-state index contributed by atoms with van der Waals surface area (Å²) in [5.41, 5.74) is -0.489. The number of hydrogen-bond acceptors (Lipinski definition) is 3. The van der Waals surface area contributed by atoms with Crippen LogP contribution in [-0.2, 0) is 0 Å². The standard InChI is InChI=1S/C14H30N2O/c1-5-14(17,6-2)12-15(4)13-8-10-16(7-3)11-9-13/h13,17H,5-12H2,1-4H3. The third kappa shape index (κ3) is 4.23. The number of hydrogen-bond donors (Lipinski definition) is 1. The quantitative estimate of drug-likeness (QED) is 0.771. The predicted octanol–water partition coefficient (Wildman–Crippen LogP) is 1.95. The summed E-state index contributed by atoms with van der Waals surface area (Å²) >= 11 is 0. The molecule has 0 aromatic heterocycles. The van der Waals surface area contributed by atoms with Gasteiger partial charge in [-0.3, -0.25) is 0 Å². The van der Waals surface area contributed by atoms with E-state index in [0.717, 1.165) is 19.4 Å². The predicted molar refractivity (Wildman–Crippen MR) is 73.3 cm³/mol. The molecule has 0 amide bonds. The zero-order valence-electron chi connectivity index (χ0n) is 12.1. The SMILES string of the molecule is CCN1CCC(N(C)CC(O)(CC)CC)CC1. The Morgan fingerprint density at radius 3 is 2.12 bits per heavy atom. The Morgan fingerprint density at radius 2 is 1.71 bits per heavy atom. The maximum atomic E-state index is 10.4. The Hall–Kier alpha value is -0.120. The molecule has 1 rings (SSSR count). The lowest BCUT2D eigenvalue weighted by molar-refractivity contribution is -0.0144. The van der Waals surface area contributed by atoms with Gasteiger partial charge in [-0.15, -0.1) is 0 Å². The lowest BCUT2D eigenvalue weighted by atomic mass is 9.95. The van der Waals surface area contributed by atoms with Crippen molar-refractivity contribution in [2.45, 2.75) is 58.1 Å². The molecule has 0 saturated carbocycles. The van der Waals surface area contributed by atoms with Gasteiger partial charge in [0.2, 0.25) is 0 Å². The summed E-state index contributed by atoms with van der Waals surface area (Å²) in [7, 11) is 2.17. The first-order chi connectivity index (χ1) is 8.04. The molecule has 0 spiro atoms. The highest BCUT2D eigenvalue weighted by molar-refractivity contribution is 4.84. The Balaban J connectivity index is 2.41. The molecule has 1 heterocycles. The van der Waals surface area contributed by atoms with Crippen molar-refractivity contribution < 1.29 is 5.11 Å². The normalized spacial score (nSPS) is 20.1. The van der Waals surface area contributed by atoms with E-state index in [1.807, 2.05) is 0 Å². The Labute approximate surface area is 107 Å². The van der Waals surface area contributed by atoms with Crippen LogP contribution in [0.5, 0.6) is 0 Å². The minimum atomic E-state index is -0.489. The van der Waals surface area contributed by atoms with Crippen molar-refractivity contribution in [2.75, 3.05) is 33.2 Å². The fourth-order valence-corrected chi connectivity index (χ4v) is 2.74. The fourth-order valence-electron chi connectivity index (χ4n) is 2.74. The molecule has 0 aromatic rings. The van der Waals surface area contributed by atoms with Crippen molar-refractivity contribution in [1.29, 1.82) is 0 Å². The summed E-state index contributed by atoms with van der Waals surface area (Å²) in [5.74, 6) is 0. The van der Waals surface area contributed by atoms with E-state index >= 15 is 0 Å². The maximum Gasteiger partial charge on any atom is 0.0768 e. The van der Waals surface area contributed by atoms with Gasteiger partial charge in [-0.2, -0.15) is 0 Å². The smallest absolute Gasteiger partial charge is 0.0768 e. The maximum absolute atomic E-state index is 10.4. The first-order valence-corrected chi connectivity index (χ1v) is 7.19. The molecular weight excluding hydrogens is 212 g/mol. The lowest BCUT2D eigenvalue weighted by Gasteiger charge is -2.39. The molecule has 0 radical (unpaired) electrons. The van der Waals surface area contributed by atoms with Gasteiger partial charge in [0.15, 0.2) is 0 Å². The van der Waals surface area contributed by atoms with Crippen molar-refractivity contribution >= 4 is 0 Å². The van der Waals surface area contributed by atoms with Crippen LogP contribution in [0.3, 0.4) is 0 Å². The fraction of sp³-hybridized carbons (Fsp3) is 1.00. The van der Waals surface area contributed by atoms with Crippen LogP contribution >= 0.6 is 0 Å². The largest absolute Gasteiger partial charge is 0.389 e. The van der Waals surface area contributed by atoms with Crippen molar-refractivity contribution in [2.24, 2.45) is 0 Å². The van der Waals surface area contributed by atoms with Crippen molar-refractivity contribution in [3.63, 3.8) is 0 Å². The summed E-state index contributed by atoms with van der Waals surface area (Å²) in [6.45, 7) is 10.8. The van der Waals surface area contributed by atoms with Gasteiger partial charge < -0.3 is 14.9 Å². The molecule has 3 heteroatoms. The van der Waals surface area contributed by atoms with E-state index in [0.29, 0.717) is 6.04 Å². The van der Waals surface area contributed by atoms with Crippen LogP contribution in [0.15, 0.2) is 0 Å². The molecule has 1 aliphatic heterocycles. The van der Waals surface area contributed by atoms with Crippen LogP contribution in [0.4, 0.5) is 0 Å². The third-order valence-electron chi connectivity index (χ3n) is 4.49. The van der Waals surface area contributed by atoms with E-state index in [1.165, 1.54) is 32.5 Å². The number of likely N-dealkylation sites (N-methyl/N-ethyl adjacent to an activating group) is 1. The van der Waals surface area contributed by atoms with Crippen LogP contribution < -0.4 is 0 Å². The summed E-state index contributed by atoms with van der Waals surface area (Å²) in [6, 6.07) is 0.655. The second-order valence-corrected chi connectivity index (χ2v) is 5.51. The van der Waals surface area contributed by atoms with Gasteiger partial charge in [0.1, 0.15) is 0 Å². The van der Waals surface area contributed by atoms with Gasteiger partial charge in [-0.1, -0.05) is 20.8 Å². The van der Waals surface area contributed by atoms with Crippen LogP contribution in [0.1, 0.15) is 46.5 Å². The Kier molecular flexibility index (Phi) is 5.90. The Morgan fingerprint density at radius 1 is 1.18 bits per heavy atom. The number of nitrogens with zero attached hydrogens (tertiary/aromatic N) is 2. The van der Waals surface area contributed by atoms with Crippen LogP contribution in [0.2, 0.25) is 0 Å². The van der Waals surface area contributed by atoms with Gasteiger partial charge in [-0.05, 0) is 52.4 Å². The molecule has 0 unspecified atom stereocenters. The summed E-state index contributed by atoms with van der Waals surface area (Å²) in [4.78, 5) is 4.89. The zero-order chi connectivity index (χ0) is 12.9. The first kappa shape index (κ1) is 14.9. The van der Waals surface area contributed by atoms with Crippen LogP contribution in [0.25, 0.3) is 0 Å². The van der Waals surface area contributed by atoms with Crippen LogP contribution in [0, 0.1) is 0 Å². The topological polar surface area (TPSA) is 26.7 Å². The number of piperidine rings is 1. The molecule has 0 bridgehead atoms. The van der Waals surface area contributed by atoms with E-state index in [4.69, 9.17) is 0 Å². The molecule has 102 valence electrons. The molecule has 0 atom stereocenters. The molecule has 0 aromatic carbocycles. The zero-order valence-corrected chi connectivity index (χ0v) is 12.1. The average molecular weight is 242 g/mol. The highest BCUT2D eigenvalue weighted by atomic mass is 16.3. The van der Waals surface area contributed by atoms with Crippen molar-refractivity contribution in [3.05, 3.63) is 0 Å². The highest BCUT2D eigenvalue weighted by Gasteiger charge is 2.28. The van der Waals surface area contributed by atoms with E-state index in [9.17, 15) is 5.11 Å². The lowest BCUT2D eigenvalue weighted by Crippen LogP contribution is -2.49. The van der Waals surface area contributed by atoms with Crippen molar-refractivity contribution in [1.82, 2.24) is 9.80 Å². The molecule has 0 aliphatic carbocycles. The van der Waals surface area contributed by atoms with Crippen LogP contribution in [-0.4, -0.2) is 59.8 Å². The van der Waals surface area contributed by atoms with E-state index in [1.54, 1.807) is 0 Å². The van der Waals surface area contributed by atoms with Gasteiger partial charge in [0, 0.05) is 12.6 Å². The minimum absolute atomic E-state index is 0.489. The molecule has 1 fully saturated rings. The first-order valence-electron chi connectivity index (χ1n) is 7.19. The average Bonchev–Trinajstić information content (AvgIpc) is 2.38. The summed E-state index contributed by atoms with van der Waals surface area (Å²) in [5, 5.41) is 10.4. The summed E-state index contributed by atoms with van der Waals surface area (Å²) < 4.78 is 0. The second kappa shape index (κ2) is 6.72. The van der Waals surface area contributed by atoms with Gasteiger partial charge >= 0.3 is 0 Å². The molecule has 17 heavy (non-hydrogen) atoms. The summed E-state index contributed by atoms with van der Waals surface area (Å²) in [6.07, 6.45) is 4.19. The number of likely N-dealkylation sites (tertiary alicyclic amines) is 1. The van der Waals surface area contributed by atoms with E-state index < -0.39 is 5.60 Å². The molecule has 1 N–H and O–H groups in total. The molecule has 1 aliphatic rings. The van der Waals surface area contributed by atoms with Gasteiger partial charge in [0.25, 0.3) is 0 Å². The third-order valence-corrected chi connectivity index (χ3v) is 4.49.